The molecule has 0 radical (unpaired) electrons. The van der Waals surface area contributed by atoms with E-state index in [4.69, 9.17) is 4.74 Å². The molecule has 0 bridgehead atoms. The van der Waals surface area contributed by atoms with Gasteiger partial charge >= 0.3 is 0 Å². The molecule has 6 heteroatoms. The van der Waals surface area contributed by atoms with Crippen LogP contribution in [0.3, 0.4) is 0 Å². The van der Waals surface area contributed by atoms with Crippen LogP contribution in [0.15, 0.2) is 48.5 Å². The van der Waals surface area contributed by atoms with Crippen molar-refractivity contribution < 1.29 is 14.8 Å². The topological polar surface area (TPSA) is 75.8 Å². The van der Waals surface area contributed by atoms with Gasteiger partial charge in [-0.1, -0.05) is 12.1 Å². The van der Waals surface area contributed by atoms with E-state index in [9.17, 15) is 15.2 Å². The Kier molecular flexibility index (Phi) is 4.66. The number of hydrogen-bond donors (Lipinski definition) is 1. The van der Waals surface area contributed by atoms with Crippen LogP contribution in [0.4, 0.5) is 11.4 Å². The normalized spacial score (nSPS) is 20.2. The molecule has 3 rings (SSSR count). The Morgan fingerprint density at radius 2 is 2.04 bits per heavy atom. The van der Waals surface area contributed by atoms with Crippen LogP contribution < -0.4 is 9.64 Å². The van der Waals surface area contributed by atoms with Crippen molar-refractivity contribution >= 4 is 11.4 Å². The van der Waals surface area contributed by atoms with E-state index in [-0.39, 0.29) is 29.2 Å². The molecule has 2 atom stereocenters. The lowest BCUT2D eigenvalue weighted by Gasteiger charge is -2.30. The summed E-state index contributed by atoms with van der Waals surface area (Å²) in [5.74, 6) is 0.831. The molecule has 0 spiro atoms. The van der Waals surface area contributed by atoms with Crippen LogP contribution in [0.2, 0.25) is 0 Å². The van der Waals surface area contributed by atoms with Gasteiger partial charge in [-0.15, -0.1) is 0 Å². The Hall–Kier alpha value is -2.60. The first-order chi connectivity index (χ1) is 11.6. The van der Waals surface area contributed by atoms with Gasteiger partial charge in [0.15, 0.2) is 0 Å². The molecule has 0 amide bonds. The Morgan fingerprint density at radius 1 is 1.29 bits per heavy atom. The monoisotopic (exact) mass is 328 g/mol. The SMILES string of the molecule is COc1ccc(N2CC[C@H](CO)[C@H]2c2cccc([N+](=O)[O-])c2)cc1. The van der Waals surface area contributed by atoms with E-state index in [0.717, 1.165) is 30.0 Å². The number of ether oxygens (including phenoxy) is 1. The van der Waals surface area contributed by atoms with Gasteiger partial charge in [-0.3, -0.25) is 10.1 Å². The maximum atomic E-state index is 11.1. The second-order valence-electron chi connectivity index (χ2n) is 5.92. The molecule has 0 unspecified atom stereocenters. The van der Waals surface area contributed by atoms with Gasteiger partial charge < -0.3 is 14.7 Å². The minimum absolute atomic E-state index is 0.0501. The zero-order chi connectivity index (χ0) is 17.1. The molecule has 1 heterocycles. The van der Waals surface area contributed by atoms with Gasteiger partial charge in [-0.05, 0) is 36.2 Å². The van der Waals surface area contributed by atoms with E-state index in [1.807, 2.05) is 30.3 Å². The van der Waals surface area contributed by atoms with Crippen LogP contribution in [-0.4, -0.2) is 30.3 Å². The molecule has 0 aliphatic carbocycles. The lowest BCUT2D eigenvalue weighted by atomic mass is 9.94. The van der Waals surface area contributed by atoms with E-state index in [1.54, 1.807) is 19.2 Å². The second kappa shape index (κ2) is 6.88. The van der Waals surface area contributed by atoms with Crippen molar-refractivity contribution in [1.29, 1.82) is 0 Å². The number of methoxy groups -OCH3 is 1. The summed E-state index contributed by atoms with van der Waals surface area (Å²) in [6.45, 7) is 0.852. The highest BCUT2D eigenvalue weighted by Gasteiger charge is 2.35. The molecule has 1 N–H and O–H groups in total. The highest BCUT2D eigenvalue weighted by atomic mass is 16.6. The fourth-order valence-corrected chi connectivity index (χ4v) is 3.39. The predicted molar refractivity (Wildman–Crippen MR) is 91.4 cm³/mol. The molecule has 1 saturated heterocycles. The van der Waals surface area contributed by atoms with Crippen molar-refractivity contribution in [2.24, 2.45) is 5.92 Å². The minimum atomic E-state index is -0.385. The molecule has 0 saturated carbocycles. The first kappa shape index (κ1) is 16.3. The Morgan fingerprint density at radius 3 is 2.67 bits per heavy atom. The van der Waals surface area contributed by atoms with Gasteiger partial charge in [0.05, 0.1) is 18.1 Å². The van der Waals surface area contributed by atoms with Crippen LogP contribution in [0.1, 0.15) is 18.0 Å². The van der Waals surface area contributed by atoms with Gasteiger partial charge in [0.25, 0.3) is 5.69 Å². The summed E-state index contributed by atoms with van der Waals surface area (Å²) in [6, 6.07) is 14.3. The number of benzene rings is 2. The molecular weight excluding hydrogens is 308 g/mol. The highest BCUT2D eigenvalue weighted by Crippen LogP contribution is 2.41. The van der Waals surface area contributed by atoms with Crippen LogP contribution in [0.5, 0.6) is 5.75 Å². The van der Waals surface area contributed by atoms with Crippen LogP contribution in [0, 0.1) is 16.0 Å². The van der Waals surface area contributed by atoms with Gasteiger partial charge in [0, 0.05) is 36.9 Å². The quantitative estimate of drug-likeness (QED) is 0.674. The van der Waals surface area contributed by atoms with Crippen molar-refractivity contribution in [3.8, 4) is 5.75 Å². The van der Waals surface area contributed by atoms with Crippen molar-refractivity contribution in [3.63, 3.8) is 0 Å². The zero-order valence-corrected chi connectivity index (χ0v) is 13.5. The van der Waals surface area contributed by atoms with E-state index < -0.39 is 0 Å². The number of hydrogen-bond acceptors (Lipinski definition) is 5. The number of nitro benzene ring substituents is 1. The first-order valence-corrected chi connectivity index (χ1v) is 7.90. The first-order valence-electron chi connectivity index (χ1n) is 7.90. The van der Waals surface area contributed by atoms with Crippen LogP contribution >= 0.6 is 0 Å². The summed E-state index contributed by atoms with van der Waals surface area (Å²) in [4.78, 5) is 12.9. The van der Waals surface area contributed by atoms with Gasteiger partial charge in [0.1, 0.15) is 5.75 Å². The fourth-order valence-electron chi connectivity index (χ4n) is 3.39. The van der Waals surface area contributed by atoms with E-state index in [1.165, 1.54) is 6.07 Å². The number of aliphatic hydroxyl groups is 1. The molecule has 2 aromatic rings. The number of nitro groups is 1. The summed E-state index contributed by atoms with van der Waals surface area (Å²) in [5.41, 5.74) is 1.95. The molecule has 1 aliphatic rings. The summed E-state index contributed by atoms with van der Waals surface area (Å²) in [7, 11) is 1.62. The molecular formula is C18H20N2O4. The number of aliphatic hydroxyl groups excluding tert-OH is 1. The summed E-state index contributed by atoms with van der Waals surface area (Å²) in [5, 5.41) is 20.8. The van der Waals surface area contributed by atoms with Gasteiger partial charge in [-0.25, -0.2) is 0 Å². The van der Waals surface area contributed by atoms with Gasteiger partial charge in [0.2, 0.25) is 0 Å². The maximum absolute atomic E-state index is 11.1. The molecule has 1 aliphatic heterocycles. The average molecular weight is 328 g/mol. The lowest BCUT2D eigenvalue weighted by Crippen LogP contribution is -2.26. The maximum Gasteiger partial charge on any atom is 0.269 e. The smallest absolute Gasteiger partial charge is 0.269 e. The predicted octanol–water partition coefficient (Wildman–Crippen LogP) is 3.16. The third kappa shape index (κ3) is 3.05. The highest BCUT2D eigenvalue weighted by molar-refractivity contribution is 5.53. The molecule has 1 fully saturated rings. The molecule has 6 nitrogen and oxygen atoms in total. The number of rotatable bonds is 5. The Bertz CT molecular complexity index is 717. The van der Waals surface area contributed by atoms with Gasteiger partial charge in [-0.2, -0.15) is 0 Å². The number of nitrogens with zero attached hydrogens (tertiary/aromatic N) is 2. The van der Waals surface area contributed by atoms with E-state index in [2.05, 4.69) is 4.90 Å². The third-order valence-corrected chi connectivity index (χ3v) is 4.58. The fraction of sp³-hybridized carbons (Fsp3) is 0.333. The van der Waals surface area contributed by atoms with Crippen molar-refractivity contribution in [2.45, 2.75) is 12.5 Å². The van der Waals surface area contributed by atoms with E-state index >= 15 is 0 Å². The van der Waals surface area contributed by atoms with Crippen LogP contribution in [0.25, 0.3) is 0 Å². The average Bonchev–Trinajstić information content (AvgIpc) is 3.06. The second-order valence-corrected chi connectivity index (χ2v) is 5.92. The number of anilines is 1. The minimum Gasteiger partial charge on any atom is -0.497 e. The summed E-state index contributed by atoms with van der Waals surface area (Å²) in [6.07, 6.45) is 0.843. The summed E-state index contributed by atoms with van der Waals surface area (Å²) >= 11 is 0. The Labute approximate surface area is 140 Å². The number of non-ortho nitro benzene ring substituents is 1. The molecule has 0 aromatic heterocycles. The van der Waals surface area contributed by atoms with E-state index in [0.29, 0.717) is 0 Å². The van der Waals surface area contributed by atoms with Crippen LogP contribution in [-0.2, 0) is 0 Å². The van der Waals surface area contributed by atoms with Crippen molar-refractivity contribution in [2.75, 3.05) is 25.2 Å². The third-order valence-electron chi connectivity index (χ3n) is 4.58. The largest absolute Gasteiger partial charge is 0.497 e. The zero-order valence-electron chi connectivity index (χ0n) is 13.5. The molecule has 126 valence electrons. The van der Waals surface area contributed by atoms with Crippen molar-refractivity contribution in [1.82, 2.24) is 0 Å². The van der Waals surface area contributed by atoms with Crippen molar-refractivity contribution in [3.05, 3.63) is 64.2 Å². The standard InChI is InChI=1S/C18H20N2O4/c1-24-17-7-5-15(6-8-17)19-10-9-14(12-21)18(19)13-3-2-4-16(11-13)20(22)23/h2-8,11,14,18,21H,9-10,12H2,1H3/t14-,18-/m1/s1. The lowest BCUT2D eigenvalue weighted by molar-refractivity contribution is -0.384. The molecule has 2 aromatic carbocycles. The molecule has 24 heavy (non-hydrogen) atoms. The Balaban J connectivity index is 1.96. The summed E-state index contributed by atoms with van der Waals surface area (Å²) < 4.78 is 5.19.